The molecular weight excluding hydrogens is 308 g/mol. The van der Waals surface area contributed by atoms with E-state index in [9.17, 15) is 0 Å². The van der Waals surface area contributed by atoms with Gasteiger partial charge in [-0.05, 0) is 12.1 Å². The molecule has 1 heterocycles. The second kappa shape index (κ2) is 6.43. The van der Waals surface area contributed by atoms with Gasteiger partial charge >= 0.3 is 0 Å². The van der Waals surface area contributed by atoms with Crippen molar-refractivity contribution < 1.29 is 9.47 Å². The fourth-order valence-electron chi connectivity index (χ4n) is 1.68. The SMILES string of the molecule is CNc1cccc(Br)c1COc1cccc(OC)n1. The lowest BCUT2D eigenvalue weighted by Gasteiger charge is -2.12. The van der Waals surface area contributed by atoms with E-state index in [2.05, 4.69) is 26.2 Å². The van der Waals surface area contributed by atoms with Crippen molar-refractivity contribution >= 4 is 21.6 Å². The molecule has 2 rings (SSSR count). The fraction of sp³-hybridized carbons (Fsp3) is 0.214. The molecule has 1 aromatic heterocycles. The molecule has 1 N–H and O–H groups in total. The summed E-state index contributed by atoms with van der Waals surface area (Å²) in [7, 11) is 3.47. The van der Waals surface area contributed by atoms with Crippen LogP contribution in [0.3, 0.4) is 0 Å². The maximum absolute atomic E-state index is 5.70. The maximum Gasteiger partial charge on any atom is 0.216 e. The van der Waals surface area contributed by atoms with Crippen LogP contribution in [0, 0.1) is 0 Å². The van der Waals surface area contributed by atoms with Gasteiger partial charge in [0.1, 0.15) is 6.61 Å². The van der Waals surface area contributed by atoms with E-state index in [-0.39, 0.29) is 0 Å². The van der Waals surface area contributed by atoms with Crippen LogP contribution in [0.1, 0.15) is 5.56 Å². The van der Waals surface area contributed by atoms with Gasteiger partial charge in [0.25, 0.3) is 0 Å². The smallest absolute Gasteiger partial charge is 0.216 e. The van der Waals surface area contributed by atoms with Gasteiger partial charge in [0.15, 0.2) is 0 Å². The Kier molecular flexibility index (Phi) is 4.63. The number of methoxy groups -OCH3 is 1. The summed E-state index contributed by atoms with van der Waals surface area (Å²) in [6.45, 7) is 0.428. The van der Waals surface area contributed by atoms with Gasteiger partial charge in [0.2, 0.25) is 11.8 Å². The van der Waals surface area contributed by atoms with E-state index in [0.717, 1.165) is 15.7 Å². The average molecular weight is 323 g/mol. The molecule has 5 heteroatoms. The molecule has 0 atom stereocenters. The van der Waals surface area contributed by atoms with Crippen LogP contribution >= 0.6 is 15.9 Å². The highest BCUT2D eigenvalue weighted by molar-refractivity contribution is 9.10. The van der Waals surface area contributed by atoms with Crippen molar-refractivity contribution in [3.8, 4) is 11.8 Å². The van der Waals surface area contributed by atoms with Crippen molar-refractivity contribution in [1.82, 2.24) is 4.98 Å². The van der Waals surface area contributed by atoms with Crippen molar-refractivity contribution in [3.63, 3.8) is 0 Å². The zero-order valence-corrected chi connectivity index (χ0v) is 12.4. The lowest BCUT2D eigenvalue weighted by Crippen LogP contribution is -2.03. The molecule has 0 unspecified atom stereocenters. The third-order valence-electron chi connectivity index (χ3n) is 2.66. The molecule has 0 spiro atoms. The van der Waals surface area contributed by atoms with Gasteiger partial charge in [-0.3, -0.25) is 0 Å². The number of nitrogens with one attached hydrogen (secondary N) is 1. The average Bonchev–Trinajstić information content (AvgIpc) is 2.46. The number of benzene rings is 1. The molecule has 0 aliphatic carbocycles. The zero-order chi connectivity index (χ0) is 13.7. The van der Waals surface area contributed by atoms with Crippen LogP contribution in [0.4, 0.5) is 5.69 Å². The molecule has 0 saturated heterocycles. The molecule has 0 bridgehead atoms. The quantitative estimate of drug-likeness (QED) is 0.915. The van der Waals surface area contributed by atoms with Crippen LogP contribution in [-0.4, -0.2) is 19.1 Å². The number of ether oxygens (including phenoxy) is 2. The molecule has 0 amide bonds. The lowest BCUT2D eigenvalue weighted by molar-refractivity contribution is 0.287. The number of halogens is 1. The van der Waals surface area contributed by atoms with E-state index in [1.807, 2.05) is 31.3 Å². The number of anilines is 1. The highest BCUT2D eigenvalue weighted by Crippen LogP contribution is 2.26. The lowest BCUT2D eigenvalue weighted by atomic mass is 10.2. The molecule has 0 saturated carbocycles. The van der Waals surface area contributed by atoms with E-state index in [1.165, 1.54) is 0 Å². The van der Waals surface area contributed by atoms with Gasteiger partial charge < -0.3 is 14.8 Å². The first kappa shape index (κ1) is 13.7. The Hall–Kier alpha value is -1.75. The third kappa shape index (κ3) is 3.38. The minimum Gasteiger partial charge on any atom is -0.481 e. The summed E-state index contributed by atoms with van der Waals surface area (Å²) < 4.78 is 11.8. The summed E-state index contributed by atoms with van der Waals surface area (Å²) in [5.41, 5.74) is 2.08. The van der Waals surface area contributed by atoms with Gasteiger partial charge in [0, 0.05) is 34.9 Å². The number of pyridine rings is 1. The molecule has 0 radical (unpaired) electrons. The first-order valence-electron chi connectivity index (χ1n) is 5.83. The molecular formula is C14H15BrN2O2. The Balaban J connectivity index is 2.14. The first-order valence-corrected chi connectivity index (χ1v) is 6.63. The Bertz CT molecular complexity index is 561. The molecule has 0 fully saturated rings. The van der Waals surface area contributed by atoms with Crippen LogP contribution in [0.25, 0.3) is 0 Å². The molecule has 19 heavy (non-hydrogen) atoms. The molecule has 2 aromatic rings. The second-order valence-electron chi connectivity index (χ2n) is 3.82. The molecule has 100 valence electrons. The predicted molar refractivity (Wildman–Crippen MR) is 78.8 cm³/mol. The number of hydrogen-bond acceptors (Lipinski definition) is 4. The van der Waals surface area contributed by atoms with E-state index in [1.54, 1.807) is 19.2 Å². The summed E-state index contributed by atoms with van der Waals surface area (Å²) in [4.78, 5) is 4.21. The zero-order valence-electron chi connectivity index (χ0n) is 10.8. The Morgan fingerprint density at radius 1 is 1.16 bits per heavy atom. The Morgan fingerprint density at radius 2 is 1.89 bits per heavy atom. The maximum atomic E-state index is 5.70. The van der Waals surface area contributed by atoms with Crippen molar-refractivity contribution in [3.05, 3.63) is 46.4 Å². The van der Waals surface area contributed by atoms with Crippen molar-refractivity contribution in [2.24, 2.45) is 0 Å². The van der Waals surface area contributed by atoms with Crippen LogP contribution in [0.15, 0.2) is 40.9 Å². The molecule has 0 aliphatic rings. The highest BCUT2D eigenvalue weighted by atomic mass is 79.9. The third-order valence-corrected chi connectivity index (χ3v) is 3.40. The topological polar surface area (TPSA) is 43.4 Å². The first-order chi connectivity index (χ1) is 9.24. The van der Waals surface area contributed by atoms with Crippen LogP contribution < -0.4 is 14.8 Å². The summed E-state index contributed by atoms with van der Waals surface area (Å²) in [5.74, 6) is 1.08. The fourth-order valence-corrected chi connectivity index (χ4v) is 2.16. The minimum absolute atomic E-state index is 0.428. The Morgan fingerprint density at radius 3 is 2.63 bits per heavy atom. The number of rotatable bonds is 5. The van der Waals surface area contributed by atoms with Gasteiger partial charge in [-0.1, -0.05) is 28.1 Å². The number of nitrogens with zero attached hydrogens (tertiary/aromatic N) is 1. The van der Waals surface area contributed by atoms with Gasteiger partial charge in [-0.2, -0.15) is 4.98 Å². The van der Waals surface area contributed by atoms with Crippen LogP contribution in [-0.2, 0) is 6.61 Å². The van der Waals surface area contributed by atoms with E-state index in [4.69, 9.17) is 9.47 Å². The molecule has 0 aliphatic heterocycles. The van der Waals surface area contributed by atoms with Gasteiger partial charge in [0.05, 0.1) is 7.11 Å². The molecule has 1 aromatic carbocycles. The summed E-state index contributed by atoms with van der Waals surface area (Å²) in [5, 5.41) is 3.14. The van der Waals surface area contributed by atoms with Crippen molar-refractivity contribution in [2.75, 3.05) is 19.5 Å². The van der Waals surface area contributed by atoms with Gasteiger partial charge in [-0.25, -0.2) is 0 Å². The largest absolute Gasteiger partial charge is 0.481 e. The predicted octanol–water partition coefficient (Wildman–Crippen LogP) is 3.47. The normalized spacial score (nSPS) is 10.1. The van der Waals surface area contributed by atoms with E-state index in [0.29, 0.717) is 18.4 Å². The summed E-state index contributed by atoms with van der Waals surface area (Å²) in [6.07, 6.45) is 0. The number of hydrogen-bond donors (Lipinski definition) is 1. The van der Waals surface area contributed by atoms with Crippen molar-refractivity contribution in [2.45, 2.75) is 6.61 Å². The second-order valence-corrected chi connectivity index (χ2v) is 4.68. The van der Waals surface area contributed by atoms with Crippen LogP contribution in [0.5, 0.6) is 11.8 Å². The van der Waals surface area contributed by atoms with Gasteiger partial charge in [-0.15, -0.1) is 0 Å². The van der Waals surface area contributed by atoms with E-state index < -0.39 is 0 Å². The standard InChI is InChI=1S/C14H15BrN2O2/c1-16-12-6-3-5-11(15)10(12)9-19-14-8-4-7-13(17-14)18-2/h3-8,16H,9H2,1-2H3. The van der Waals surface area contributed by atoms with E-state index >= 15 is 0 Å². The Labute approximate surface area is 120 Å². The summed E-state index contributed by atoms with van der Waals surface area (Å²) >= 11 is 3.52. The highest BCUT2D eigenvalue weighted by Gasteiger charge is 2.07. The number of aromatic nitrogens is 1. The summed E-state index contributed by atoms with van der Waals surface area (Å²) in [6, 6.07) is 11.4. The monoisotopic (exact) mass is 322 g/mol. The minimum atomic E-state index is 0.428. The molecule has 4 nitrogen and oxygen atoms in total. The van der Waals surface area contributed by atoms with Crippen LogP contribution in [0.2, 0.25) is 0 Å². The van der Waals surface area contributed by atoms with Crippen molar-refractivity contribution in [1.29, 1.82) is 0 Å².